The predicted molar refractivity (Wildman–Crippen MR) is 112 cm³/mol. The Bertz CT molecular complexity index is 1090. The number of rotatable bonds is 5. The number of alkyl halides is 3. The van der Waals surface area contributed by atoms with Crippen molar-refractivity contribution >= 4 is 46.4 Å². The maximum absolute atomic E-state index is 13.0. The number of para-hydroxylation sites is 1. The van der Waals surface area contributed by atoms with Gasteiger partial charge in [-0.1, -0.05) is 41.4 Å². The van der Waals surface area contributed by atoms with Crippen molar-refractivity contribution in [1.29, 1.82) is 0 Å². The second-order valence-corrected chi connectivity index (χ2v) is 7.15. The molecule has 1 aromatic heterocycles. The molecule has 0 saturated carbocycles. The molecule has 0 unspecified atom stereocenters. The molecule has 0 aliphatic carbocycles. The van der Waals surface area contributed by atoms with E-state index in [9.17, 15) is 22.8 Å². The molecule has 0 bridgehead atoms. The summed E-state index contributed by atoms with van der Waals surface area (Å²) < 4.78 is 38.2. The number of hydrogen-bond acceptors (Lipinski definition) is 3. The van der Waals surface area contributed by atoms with E-state index in [0.717, 1.165) is 17.2 Å². The van der Waals surface area contributed by atoms with E-state index in [1.165, 1.54) is 12.1 Å². The van der Waals surface area contributed by atoms with Gasteiger partial charge in [-0.2, -0.15) is 13.2 Å². The monoisotopic (exact) mass is 467 g/mol. The lowest BCUT2D eigenvalue weighted by Crippen LogP contribution is -2.38. The number of nitrogens with one attached hydrogen (secondary N) is 1. The first-order chi connectivity index (χ1) is 14.6. The SMILES string of the molecule is O=C(CN(C(=O)c1ccc(C(F)(F)F)nc1)c1ccccc1)Nc1ccc(Cl)c(Cl)c1. The summed E-state index contributed by atoms with van der Waals surface area (Å²) in [5.41, 5.74) is -0.459. The number of benzene rings is 2. The summed E-state index contributed by atoms with van der Waals surface area (Å²) in [6.07, 6.45) is -3.79. The fourth-order valence-electron chi connectivity index (χ4n) is 2.65. The molecule has 2 amide bonds. The van der Waals surface area contributed by atoms with Gasteiger partial charge < -0.3 is 5.32 Å². The first-order valence-corrected chi connectivity index (χ1v) is 9.56. The summed E-state index contributed by atoms with van der Waals surface area (Å²) >= 11 is 11.8. The van der Waals surface area contributed by atoms with Crippen molar-refractivity contribution in [2.45, 2.75) is 6.18 Å². The minimum absolute atomic E-state index is 0.0980. The number of nitrogens with zero attached hydrogens (tertiary/aromatic N) is 2. The molecule has 0 fully saturated rings. The Morgan fingerprint density at radius 1 is 0.968 bits per heavy atom. The van der Waals surface area contributed by atoms with Crippen molar-refractivity contribution in [1.82, 2.24) is 4.98 Å². The van der Waals surface area contributed by atoms with Gasteiger partial charge in [-0.15, -0.1) is 0 Å². The number of anilines is 2. The lowest BCUT2D eigenvalue weighted by molar-refractivity contribution is -0.141. The Labute approximate surface area is 185 Å². The Balaban J connectivity index is 1.83. The second kappa shape index (κ2) is 9.36. The van der Waals surface area contributed by atoms with Crippen molar-refractivity contribution in [3.8, 4) is 0 Å². The molecule has 3 rings (SSSR count). The molecule has 31 heavy (non-hydrogen) atoms. The van der Waals surface area contributed by atoms with Crippen LogP contribution in [0.3, 0.4) is 0 Å². The molecule has 0 atom stereocenters. The van der Waals surface area contributed by atoms with Crippen molar-refractivity contribution in [3.05, 3.63) is 88.2 Å². The van der Waals surface area contributed by atoms with E-state index in [1.807, 2.05) is 0 Å². The lowest BCUT2D eigenvalue weighted by atomic mass is 10.2. The van der Waals surface area contributed by atoms with Crippen LogP contribution in [0, 0.1) is 0 Å². The van der Waals surface area contributed by atoms with Crippen LogP contribution in [0.5, 0.6) is 0 Å². The van der Waals surface area contributed by atoms with Gasteiger partial charge in [0.25, 0.3) is 5.91 Å². The summed E-state index contributed by atoms with van der Waals surface area (Å²) in [5.74, 6) is -1.23. The topological polar surface area (TPSA) is 62.3 Å². The second-order valence-electron chi connectivity index (χ2n) is 6.33. The van der Waals surface area contributed by atoms with Gasteiger partial charge in [-0.05, 0) is 42.5 Å². The zero-order valence-corrected chi connectivity index (χ0v) is 17.2. The molecule has 1 N–H and O–H groups in total. The van der Waals surface area contributed by atoms with Crippen LogP contribution in [0.15, 0.2) is 66.9 Å². The molecule has 10 heteroatoms. The smallest absolute Gasteiger partial charge is 0.324 e. The molecule has 5 nitrogen and oxygen atoms in total. The summed E-state index contributed by atoms with van der Waals surface area (Å²) in [5, 5.41) is 3.16. The standard InChI is InChI=1S/C21H14Cl2F3N3O2/c22-16-8-7-14(10-17(16)23)28-19(30)12-29(15-4-2-1-3-5-15)20(31)13-6-9-18(27-11-13)21(24,25)26/h1-11H,12H2,(H,28,30). The Morgan fingerprint density at radius 2 is 1.68 bits per heavy atom. The van der Waals surface area contributed by atoms with Crippen LogP contribution in [0.4, 0.5) is 24.5 Å². The molecule has 0 saturated heterocycles. The quantitative estimate of drug-likeness (QED) is 0.523. The third-order valence-corrected chi connectivity index (χ3v) is 4.86. The number of amides is 2. The number of carbonyl (C=O) groups excluding carboxylic acids is 2. The largest absolute Gasteiger partial charge is 0.433 e. The van der Waals surface area contributed by atoms with Crippen LogP contribution in [-0.4, -0.2) is 23.3 Å². The number of hydrogen-bond donors (Lipinski definition) is 1. The molecule has 1 heterocycles. The fourth-order valence-corrected chi connectivity index (χ4v) is 2.95. The number of carbonyl (C=O) groups is 2. The molecular weight excluding hydrogens is 454 g/mol. The van der Waals surface area contributed by atoms with Gasteiger partial charge in [0, 0.05) is 17.6 Å². The van der Waals surface area contributed by atoms with Crippen LogP contribution in [0.1, 0.15) is 16.1 Å². The van der Waals surface area contributed by atoms with Gasteiger partial charge in [0.1, 0.15) is 12.2 Å². The average molecular weight is 468 g/mol. The van der Waals surface area contributed by atoms with E-state index >= 15 is 0 Å². The van der Waals surface area contributed by atoms with Gasteiger partial charge in [0.15, 0.2) is 0 Å². The number of aromatic nitrogens is 1. The molecule has 160 valence electrons. The van der Waals surface area contributed by atoms with Crippen molar-refractivity contribution < 1.29 is 22.8 Å². The lowest BCUT2D eigenvalue weighted by Gasteiger charge is -2.22. The van der Waals surface area contributed by atoms with E-state index in [2.05, 4.69) is 10.3 Å². The van der Waals surface area contributed by atoms with Crippen molar-refractivity contribution in [2.75, 3.05) is 16.8 Å². The highest BCUT2D eigenvalue weighted by atomic mass is 35.5. The molecule has 2 aromatic carbocycles. The Morgan fingerprint density at radius 3 is 2.26 bits per heavy atom. The Kier molecular flexibility index (Phi) is 6.82. The summed E-state index contributed by atoms with van der Waals surface area (Å²) in [6.45, 7) is -0.399. The fraction of sp³-hybridized carbons (Fsp3) is 0.0952. The van der Waals surface area contributed by atoms with Gasteiger partial charge in [0.05, 0.1) is 15.6 Å². The molecule has 3 aromatic rings. The highest BCUT2D eigenvalue weighted by molar-refractivity contribution is 6.42. The van der Waals surface area contributed by atoms with Gasteiger partial charge in [-0.3, -0.25) is 19.5 Å². The van der Waals surface area contributed by atoms with E-state index in [-0.39, 0.29) is 10.6 Å². The predicted octanol–water partition coefficient (Wildman–Crippen LogP) is 5.69. The molecule has 0 radical (unpaired) electrons. The third-order valence-electron chi connectivity index (χ3n) is 4.12. The normalized spacial score (nSPS) is 11.1. The van der Waals surface area contributed by atoms with E-state index in [4.69, 9.17) is 23.2 Å². The summed E-state index contributed by atoms with van der Waals surface area (Å²) in [6, 6.07) is 14.5. The first kappa shape index (κ1) is 22.6. The number of halogens is 5. The summed E-state index contributed by atoms with van der Waals surface area (Å²) in [7, 11) is 0. The minimum atomic E-state index is -4.62. The van der Waals surface area contributed by atoms with Gasteiger partial charge in [0.2, 0.25) is 5.91 Å². The maximum atomic E-state index is 13.0. The van der Waals surface area contributed by atoms with Crippen molar-refractivity contribution in [3.63, 3.8) is 0 Å². The van der Waals surface area contributed by atoms with E-state index in [1.54, 1.807) is 36.4 Å². The van der Waals surface area contributed by atoms with Crippen LogP contribution in [-0.2, 0) is 11.0 Å². The third kappa shape index (κ3) is 5.74. The highest BCUT2D eigenvalue weighted by Crippen LogP contribution is 2.28. The molecule has 0 aliphatic rings. The molecular formula is C21H14Cl2F3N3O2. The Hall–Kier alpha value is -3.10. The summed E-state index contributed by atoms with van der Waals surface area (Å²) in [4.78, 5) is 30.0. The van der Waals surface area contributed by atoms with E-state index in [0.29, 0.717) is 22.5 Å². The van der Waals surface area contributed by atoms with Crippen LogP contribution in [0.25, 0.3) is 0 Å². The zero-order valence-electron chi connectivity index (χ0n) is 15.7. The highest BCUT2D eigenvalue weighted by Gasteiger charge is 2.32. The average Bonchev–Trinajstić information content (AvgIpc) is 2.74. The van der Waals surface area contributed by atoms with Crippen LogP contribution >= 0.6 is 23.2 Å². The van der Waals surface area contributed by atoms with Crippen molar-refractivity contribution in [2.24, 2.45) is 0 Å². The van der Waals surface area contributed by atoms with Gasteiger partial charge >= 0.3 is 6.18 Å². The maximum Gasteiger partial charge on any atom is 0.433 e. The van der Waals surface area contributed by atoms with Crippen LogP contribution in [0.2, 0.25) is 10.0 Å². The zero-order chi connectivity index (χ0) is 22.6. The molecule has 0 spiro atoms. The van der Waals surface area contributed by atoms with E-state index < -0.39 is 30.2 Å². The van der Waals surface area contributed by atoms with Crippen LogP contribution < -0.4 is 10.2 Å². The van der Waals surface area contributed by atoms with Gasteiger partial charge in [-0.25, -0.2) is 0 Å². The number of pyridine rings is 1. The first-order valence-electron chi connectivity index (χ1n) is 8.80. The molecule has 0 aliphatic heterocycles. The minimum Gasteiger partial charge on any atom is -0.324 e.